The van der Waals surface area contributed by atoms with E-state index in [0.717, 1.165) is 50.1 Å². The second kappa shape index (κ2) is 12.5. The molecule has 3 N–H and O–H groups in total. The van der Waals surface area contributed by atoms with Crippen molar-refractivity contribution in [3.05, 3.63) is 54.0 Å². The monoisotopic (exact) mass is 545 g/mol. The molecule has 1 unspecified atom stereocenters. The molecule has 1 amide bonds. The van der Waals surface area contributed by atoms with Gasteiger partial charge in [-0.2, -0.15) is 4.98 Å². The average Bonchev–Trinajstić information content (AvgIpc) is 3.69. The topological polar surface area (TPSA) is 114 Å². The van der Waals surface area contributed by atoms with Crippen molar-refractivity contribution in [2.45, 2.75) is 57.9 Å². The molecule has 0 radical (unpaired) electrons. The van der Waals surface area contributed by atoms with Crippen molar-refractivity contribution in [3.8, 4) is 10.6 Å². The molecule has 9 nitrogen and oxygen atoms in total. The van der Waals surface area contributed by atoms with Crippen LogP contribution in [0.5, 0.6) is 0 Å². The number of benzene rings is 1. The molecule has 1 fully saturated rings. The number of pyridine rings is 1. The number of amides is 1. The van der Waals surface area contributed by atoms with E-state index in [9.17, 15) is 4.79 Å². The van der Waals surface area contributed by atoms with Crippen LogP contribution in [0.15, 0.2) is 42.6 Å². The van der Waals surface area contributed by atoms with E-state index in [2.05, 4.69) is 27.9 Å². The molecule has 5 rings (SSSR count). The fraction of sp³-hybridized carbons (Fsp3) is 0.414. The van der Waals surface area contributed by atoms with Crippen LogP contribution < -0.4 is 16.0 Å². The molecule has 1 saturated carbocycles. The molecule has 0 aliphatic heterocycles. The van der Waals surface area contributed by atoms with E-state index in [0.29, 0.717) is 37.9 Å². The summed E-state index contributed by atoms with van der Waals surface area (Å²) in [7, 11) is 1.67. The zero-order valence-electron chi connectivity index (χ0n) is 22.7. The van der Waals surface area contributed by atoms with Gasteiger partial charge in [0.1, 0.15) is 16.3 Å². The lowest BCUT2D eigenvalue weighted by atomic mass is 10.1. The minimum atomic E-state index is -0.00580. The van der Waals surface area contributed by atoms with Crippen LogP contribution in [0.3, 0.4) is 0 Å². The Morgan fingerprint density at radius 2 is 1.97 bits per heavy atom. The van der Waals surface area contributed by atoms with Crippen LogP contribution in [0.2, 0.25) is 0 Å². The molecule has 0 spiro atoms. The van der Waals surface area contributed by atoms with Crippen molar-refractivity contribution < 1.29 is 9.53 Å². The number of aromatic nitrogens is 4. The van der Waals surface area contributed by atoms with Gasteiger partial charge in [-0.25, -0.2) is 9.97 Å². The minimum Gasteiger partial charge on any atom is -0.383 e. The number of ether oxygens (including phenoxy) is 1. The molecule has 1 atom stereocenters. The van der Waals surface area contributed by atoms with Gasteiger partial charge in [-0.1, -0.05) is 25.1 Å². The first-order valence-corrected chi connectivity index (χ1v) is 14.4. The number of rotatable bonds is 13. The number of hydrogen-bond acceptors (Lipinski definition) is 9. The summed E-state index contributed by atoms with van der Waals surface area (Å²) >= 11 is 1.64. The maximum Gasteiger partial charge on any atom is 0.224 e. The number of carbonyl (C=O) groups excluding carboxylic acids is 1. The van der Waals surface area contributed by atoms with Crippen LogP contribution in [-0.2, 0) is 9.53 Å². The first-order valence-electron chi connectivity index (χ1n) is 13.5. The summed E-state index contributed by atoms with van der Waals surface area (Å²) in [5.41, 5.74) is 4.61. The van der Waals surface area contributed by atoms with Crippen LogP contribution in [0.25, 0.3) is 20.8 Å². The van der Waals surface area contributed by atoms with Gasteiger partial charge >= 0.3 is 0 Å². The quantitative estimate of drug-likeness (QED) is 0.175. The first-order chi connectivity index (χ1) is 19.1. The van der Waals surface area contributed by atoms with Gasteiger partial charge in [-0.05, 0) is 50.8 Å². The normalized spacial score (nSPS) is 13.8. The number of para-hydroxylation sites is 1. The van der Waals surface area contributed by atoms with E-state index in [-0.39, 0.29) is 11.9 Å². The fourth-order valence-electron chi connectivity index (χ4n) is 4.54. The second-order valence-electron chi connectivity index (χ2n) is 9.81. The summed E-state index contributed by atoms with van der Waals surface area (Å²) < 4.78 is 6.30. The van der Waals surface area contributed by atoms with Gasteiger partial charge in [0.05, 0.1) is 28.3 Å². The molecule has 39 heavy (non-hydrogen) atoms. The SMILES string of the molecule is CCC(CCC(=O)Nc1ccccc1)Nc1nc(NCCOC)nc(C)c1-c1nc2c(C3CC3)nccc2s1. The Bertz CT molecular complexity index is 1420. The van der Waals surface area contributed by atoms with Crippen LogP contribution in [0.1, 0.15) is 56.3 Å². The Balaban J connectivity index is 1.40. The Kier molecular flexibility index (Phi) is 8.63. The van der Waals surface area contributed by atoms with Crippen molar-refractivity contribution in [1.82, 2.24) is 19.9 Å². The summed E-state index contributed by atoms with van der Waals surface area (Å²) in [6.07, 6.45) is 6.13. The van der Waals surface area contributed by atoms with Gasteiger partial charge < -0.3 is 20.7 Å². The molecule has 0 saturated heterocycles. The van der Waals surface area contributed by atoms with Gasteiger partial charge in [-0.3, -0.25) is 9.78 Å². The van der Waals surface area contributed by atoms with Crippen molar-refractivity contribution >= 4 is 44.9 Å². The summed E-state index contributed by atoms with van der Waals surface area (Å²) in [5, 5.41) is 10.7. The third-order valence-electron chi connectivity index (χ3n) is 6.80. The Morgan fingerprint density at radius 1 is 1.15 bits per heavy atom. The van der Waals surface area contributed by atoms with E-state index >= 15 is 0 Å². The largest absolute Gasteiger partial charge is 0.383 e. The van der Waals surface area contributed by atoms with E-state index < -0.39 is 0 Å². The van der Waals surface area contributed by atoms with Gasteiger partial charge in [0, 0.05) is 43.9 Å². The van der Waals surface area contributed by atoms with Crippen LogP contribution >= 0.6 is 11.3 Å². The molecule has 204 valence electrons. The highest BCUT2D eigenvalue weighted by atomic mass is 32.1. The third kappa shape index (κ3) is 6.69. The predicted molar refractivity (Wildman–Crippen MR) is 158 cm³/mol. The molecule has 4 aromatic rings. The molecule has 3 heterocycles. The Morgan fingerprint density at radius 3 is 2.72 bits per heavy atom. The highest BCUT2D eigenvalue weighted by Crippen LogP contribution is 2.44. The molecule has 1 aliphatic rings. The molecule has 1 aromatic carbocycles. The van der Waals surface area contributed by atoms with Crippen molar-refractivity contribution in [2.24, 2.45) is 0 Å². The lowest BCUT2D eigenvalue weighted by molar-refractivity contribution is -0.116. The molecule has 10 heteroatoms. The molecular weight excluding hydrogens is 510 g/mol. The number of thiazole rings is 1. The first kappa shape index (κ1) is 27.0. The standard InChI is InChI=1S/C29H35N7O2S/c1-4-20(12-13-23(37)33-21-8-6-5-7-9-21)34-27-24(18(2)32-29(36-27)31-16-17-38-3)28-35-26-22(39-28)14-15-30-25(26)19-10-11-19/h5-9,14-15,19-20H,4,10-13,16-17H2,1-3H3,(H,33,37)(H2,31,32,34,36). The third-order valence-corrected chi connectivity index (χ3v) is 7.84. The fourth-order valence-corrected chi connectivity index (χ4v) is 5.60. The maximum absolute atomic E-state index is 12.6. The number of aryl methyl sites for hydroxylation is 1. The molecule has 1 aliphatic carbocycles. The van der Waals surface area contributed by atoms with Gasteiger partial charge in [-0.15, -0.1) is 11.3 Å². The van der Waals surface area contributed by atoms with Crippen molar-refractivity contribution in [2.75, 3.05) is 36.2 Å². The van der Waals surface area contributed by atoms with E-state index in [1.807, 2.05) is 49.5 Å². The summed E-state index contributed by atoms with van der Waals surface area (Å²) in [5.74, 6) is 1.76. The Hall–Kier alpha value is -3.63. The van der Waals surface area contributed by atoms with E-state index in [1.54, 1.807) is 18.4 Å². The summed E-state index contributed by atoms with van der Waals surface area (Å²) in [6.45, 7) is 5.26. The van der Waals surface area contributed by atoms with Gasteiger partial charge in [0.15, 0.2) is 0 Å². The molecule has 0 bridgehead atoms. The Labute approximate surface area is 232 Å². The van der Waals surface area contributed by atoms with Crippen LogP contribution in [-0.4, -0.2) is 52.1 Å². The van der Waals surface area contributed by atoms with E-state index in [1.165, 1.54) is 12.8 Å². The second-order valence-corrected chi connectivity index (χ2v) is 10.8. The number of hydrogen-bond donors (Lipinski definition) is 3. The highest BCUT2D eigenvalue weighted by Gasteiger charge is 2.29. The minimum absolute atomic E-state index is 0.00580. The highest BCUT2D eigenvalue weighted by molar-refractivity contribution is 7.21. The summed E-state index contributed by atoms with van der Waals surface area (Å²) in [4.78, 5) is 31.9. The average molecular weight is 546 g/mol. The number of anilines is 3. The lowest BCUT2D eigenvalue weighted by Crippen LogP contribution is -2.23. The van der Waals surface area contributed by atoms with Crippen molar-refractivity contribution in [3.63, 3.8) is 0 Å². The number of nitrogens with one attached hydrogen (secondary N) is 3. The van der Waals surface area contributed by atoms with Gasteiger partial charge in [0.2, 0.25) is 11.9 Å². The summed E-state index contributed by atoms with van der Waals surface area (Å²) in [6, 6.07) is 11.6. The smallest absolute Gasteiger partial charge is 0.224 e. The number of carbonyl (C=O) groups is 1. The van der Waals surface area contributed by atoms with Crippen LogP contribution in [0.4, 0.5) is 17.5 Å². The van der Waals surface area contributed by atoms with E-state index in [4.69, 9.17) is 19.7 Å². The molecule has 3 aromatic heterocycles. The van der Waals surface area contributed by atoms with Crippen molar-refractivity contribution in [1.29, 1.82) is 0 Å². The van der Waals surface area contributed by atoms with Gasteiger partial charge in [0.25, 0.3) is 0 Å². The zero-order chi connectivity index (χ0) is 27.2. The number of nitrogens with zero attached hydrogens (tertiary/aromatic N) is 4. The lowest BCUT2D eigenvalue weighted by Gasteiger charge is -2.21. The molecular formula is C29H35N7O2S. The predicted octanol–water partition coefficient (Wildman–Crippen LogP) is 6.00. The number of methoxy groups -OCH3 is 1. The maximum atomic E-state index is 12.6. The zero-order valence-corrected chi connectivity index (χ0v) is 23.5. The number of fused-ring (bicyclic) bond motifs is 1. The van der Waals surface area contributed by atoms with Crippen LogP contribution in [0, 0.1) is 6.92 Å².